The van der Waals surface area contributed by atoms with Crippen molar-refractivity contribution >= 4 is 33.9 Å². The van der Waals surface area contributed by atoms with Gasteiger partial charge < -0.3 is 5.73 Å². The first-order valence-corrected chi connectivity index (χ1v) is 7.06. The van der Waals surface area contributed by atoms with E-state index in [1.54, 1.807) is 0 Å². The zero-order valence-electron chi connectivity index (χ0n) is 10.8. The Morgan fingerprint density at radius 2 is 2.29 bits per heavy atom. The number of rotatable bonds is 3. The van der Waals surface area contributed by atoms with Crippen LogP contribution in [-0.4, -0.2) is 20.8 Å². The van der Waals surface area contributed by atoms with Crippen molar-refractivity contribution in [3.05, 3.63) is 38.5 Å². The first-order valence-electron chi connectivity index (χ1n) is 6.24. The van der Waals surface area contributed by atoms with Gasteiger partial charge in [-0.1, -0.05) is 0 Å². The summed E-state index contributed by atoms with van der Waals surface area (Å²) in [5, 5.41) is 14.0. The van der Waals surface area contributed by atoms with Crippen molar-refractivity contribution < 1.29 is 9.72 Å². The Bertz CT molecular complexity index is 721. The topological polar surface area (TPSA) is 124 Å². The molecule has 1 amide bonds. The van der Waals surface area contributed by atoms with Gasteiger partial charge in [-0.25, -0.2) is 9.97 Å². The van der Waals surface area contributed by atoms with E-state index in [1.807, 2.05) is 0 Å². The van der Waals surface area contributed by atoms with Crippen LogP contribution < -0.4 is 11.1 Å². The van der Waals surface area contributed by atoms with E-state index in [4.69, 9.17) is 5.73 Å². The first kappa shape index (κ1) is 13.4. The molecule has 0 spiro atoms. The number of carbonyl (C=O) groups excluding carboxylic acids is 1. The predicted molar refractivity (Wildman–Crippen MR) is 77.4 cm³/mol. The SMILES string of the molecule is Nc1cc(C(=O)Nc2nc3c(s2)CCC3)c([N+](=O)[O-])cn1. The molecule has 0 saturated heterocycles. The zero-order valence-corrected chi connectivity index (χ0v) is 11.6. The molecule has 0 saturated carbocycles. The second-order valence-electron chi connectivity index (χ2n) is 4.58. The lowest BCUT2D eigenvalue weighted by atomic mass is 10.2. The molecular weight excluding hydrogens is 294 g/mol. The summed E-state index contributed by atoms with van der Waals surface area (Å²) >= 11 is 1.40. The molecule has 2 aromatic rings. The van der Waals surface area contributed by atoms with E-state index in [2.05, 4.69) is 15.3 Å². The van der Waals surface area contributed by atoms with E-state index >= 15 is 0 Å². The lowest BCUT2D eigenvalue weighted by Crippen LogP contribution is -2.15. The van der Waals surface area contributed by atoms with Gasteiger partial charge in [0.15, 0.2) is 5.13 Å². The van der Waals surface area contributed by atoms with Crippen molar-refractivity contribution in [2.75, 3.05) is 11.1 Å². The summed E-state index contributed by atoms with van der Waals surface area (Å²) < 4.78 is 0. The van der Waals surface area contributed by atoms with Gasteiger partial charge in [-0.2, -0.15) is 0 Å². The molecule has 0 aromatic carbocycles. The standard InChI is InChI=1S/C12H11N5O3S/c13-10-4-6(8(5-14-10)17(19)20)11(18)16-12-15-7-2-1-3-9(7)21-12/h4-5H,1-3H2,(H2,13,14)(H,15,16,18). The molecular formula is C12H11N5O3S. The summed E-state index contributed by atoms with van der Waals surface area (Å²) in [5.41, 5.74) is 5.98. The smallest absolute Gasteiger partial charge is 0.300 e. The number of nitrogens with one attached hydrogen (secondary N) is 1. The maximum Gasteiger partial charge on any atom is 0.300 e. The Kier molecular flexibility index (Phi) is 3.26. The minimum atomic E-state index is -0.664. The molecule has 0 aliphatic heterocycles. The average Bonchev–Trinajstić information content (AvgIpc) is 2.99. The number of fused-ring (bicyclic) bond motifs is 1. The highest BCUT2D eigenvalue weighted by molar-refractivity contribution is 7.16. The largest absolute Gasteiger partial charge is 0.384 e. The molecule has 0 radical (unpaired) electrons. The van der Waals surface area contributed by atoms with Gasteiger partial charge in [0.05, 0.1) is 10.6 Å². The highest BCUT2D eigenvalue weighted by atomic mass is 32.1. The summed E-state index contributed by atoms with van der Waals surface area (Å²) in [6.45, 7) is 0. The van der Waals surface area contributed by atoms with Gasteiger partial charge in [0, 0.05) is 4.88 Å². The van der Waals surface area contributed by atoms with Crippen LogP contribution in [0.15, 0.2) is 12.3 Å². The number of hydrogen-bond donors (Lipinski definition) is 2. The van der Waals surface area contributed by atoms with Crippen LogP contribution >= 0.6 is 11.3 Å². The van der Waals surface area contributed by atoms with Crippen molar-refractivity contribution in [2.45, 2.75) is 19.3 Å². The summed E-state index contributed by atoms with van der Waals surface area (Å²) in [4.78, 5) is 31.6. The number of aryl methyl sites for hydroxylation is 2. The summed E-state index contributed by atoms with van der Waals surface area (Å²) in [5.74, 6) is -0.560. The van der Waals surface area contributed by atoms with Gasteiger partial charge in [0.1, 0.15) is 17.6 Å². The van der Waals surface area contributed by atoms with Crippen molar-refractivity contribution in [2.24, 2.45) is 0 Å². The van der Waals surface area contributed by atoms with Crippen LogP contribution in [0.25, 0.3) is 0 Å². The maximum atomic E-state index is 12.2. The molecule has 1 aliphatic carbocycles. The predicted octanol–water partition coefficient (Wildman–Crippen LogP) is 1.77. The molecule has 3 N–H and O–H groups in total. The number of hydrogen-bond acceptors (Lipinski definition) is 7. The fraction of sp³-hybridized carbons (Fsp3) is 0.250. The van der Waals surface area contributed by atoms with Crippen LogP contribution in [0.2, 0.25) is 0 Å². The van der Waals surface area contributed by atoms with Crippen molar-refractivity contribution in [1.29, 1.82) is 0 Å². The number of carbonyl (C=O) groups is 1. The molecule has 0 atom stereocenters. The van der Waals surface area contributed by atoms with Crippen LogP contribution in [0.5, 0.6) is 0 Å². The molecule has 9 heteroatoms. The molecule has 2 aromatic heterocycles. The van der Waals surface area contributed by atoms with Crippen molar-refractivity contribution in [3.8, 4) is 0 Å². The van der Waals surface area contributed by atoms with E-state index in [1.165, 1.54) is 17.4 Å². The van der Waals surface area contributed by atoms with Crippen LogP contribution in [0.1, 0.15) is 27.3 Å². The lowest BCUT2D eigenvalue weighted by Gasteiger charge is -2.03. The zero-order chi connectivity index (χ0) is 15.0. The third kappa shape index (κ3) is 2.55. The van der Waals surface area contributed by atoms with Crippen molar-refractivity contribution in [3.63, 3.8) is 0 Å². The number of nitrogen functional groups attached to an aromatic ring is 1. The normalized spacial score (nSPS) is 13.0. The second-order valence-corrected chi connectivity index (χ2v) is 5.66. The van der Waals surface area contributed by atoms with Gasteiger partial charge in [0.2, 0.25) is 0 Å². The number of amides is 1. The molecule has 0 bridgehead atoms. The molecule has 1 aliphatic rings. The van der Waals surface area contributed by atoms with Gasteiger partial charge >= 0.3 is 0 Å². The summed E-state index contributed by atoms with van der Waals surface area (Å²) in [6, 6.07) is 1.19. The summed E-state index contributed by atoms with van der Waals surface area (Å²) in [7, 11) is 0. The number of pyridine rings is 1. The van der Waals surface area contributed by atoms with E-state index in [0.29, 0.717) is 5.13 Å². The molecule has 108 valence electrons. The average molecular weight is 305 g/mol. The van der Waals surface area contributed by atoms with E-state index in [0.717, 1.165) is 36.0 Å². The van der Waals surface area contributed by atoms with Crippen LogP contribution in [0.3, 0.4) is 0 Å². The molecule has 0 fully saturated rings. The monoisotopic (exact) mass is 305 g/mol. The Morgan fingerprint density at radius 3 is 3.00 bits per heavy atom. The summed E-state index contributed by atoms with van der Waals surface area (Å²) in [6.07, 6.45) is 3.93. The fourth-order valence-electron chi connectivity index (χ4n) is 2.20. The third-order valence-corrected chi connectivity index (χ3v) is 4.23. The highest BCUT2D eigenvalue weighted by Crippen LogP contribution is 2.31. The quantitative estimate of drug-likeness (QED) is 0.657. The lowest BCUT2D eigenvalue weighted by molar-refractivity contribution is -0.385. The van der Waals surface area contributed by atoms with E-state index in [9.17, 15) is 14.9 Å². The van der Waals surface area contributed by atoms with Crippen LogP contribution in [-0.2, 0) is 12.8 Å². The Balaban J connectivity index is 1.87. The Labute approximate surface area is 123 Å². The number of thiazole rings is 1. The Hall–Kier alpha value is -2.55. The van der Waals surface area contributed by atoms with E-state index < -0.39 is 10.8 Å². The number of aromatic nitrogens is 2. The van der Waals surface area contributed by atoms with Gasteiger partial charge in [0.25, 0.3) is 11.6 Å². The third-order valence-electron chi connectivity index (χ3n) is 3.16. The number of nitro groups is 1. The van der Waals surface area contributed by atoms with Gasteiger partial charge in [-0.05, 0) is 25.3 Å². The second kappa shape index (κ2) is 5.09. The minimum Gasteiger partial charge on any atom is -0.384 e. The van der Waals surface area contributed by atoms with E-state index in [-0.39, 0.29) is 17.1 Å². The highest BCUT2D eigenvalue weighted by Gasteiger charge is 2.23. The van der Waals surface area contributed by atoms with Gasteiger partial charge in [-0.15, -0.1) is 11.3 Å². The van der Waals surface area contributed by atoms with Crippen molar-refractivity contribution in [1.82, 2.24) is 9.97 Å². The minimum absolute atomic E-state index is 0.0485. The first-order chi connectivity index (χ1) is 10.0. The molecule has 0 unspecified atom stereocenters. The number of nitrogens with two attached hydrogens (primary N) is 1. The Morgan fingerprint density at radius 1 is 1.48 bits per heavy atom. The number of anilines is 2. The van der Waals surface area contributed by atoms with Crippen LogP contribution in [0.4, 0.5) is 16.6 Å². The number of nitrogens with zero attached hydrogens (tertiary/aromatic N) is 3. The maximum absolute atomic E-state index is 12.2. The van der Waals surface area contributed by atoms with Crippen LogP contribution in [0, 0.1) is 10.1 Å². The molecule has 2 heterocycles. The molecule has 21 heavy (non-hydrogen) atoms. The van der Waals surface area contributed by atoms with Gasteiger partial charge in [-0.3, -0.25) is 20.2 Å². The molecule has 3 rings (SSSR count). The fourth-order valence-corrected chi connectivity index (χ4v) is 3.24. The molecule has 8 nitrogen and oxygen atoms in total.